The second-order valence-corrected chi connectivity index (χ2v) is 7.38. The lowest BCUT2D eigenvalue weighted by Crippen LogP contribution is -2.34. The fourth-order valence-corrected chi connectivity index (χ4v) is 3.81. The van der Waals surface area contributed by atoms with Crippen molar-refractivity contribution in [3.05, 3.63) is 76.1 Å². The van der Waals surface area contributed by atoms with E-state index in [0.29, 0.717) is 17.5 Å². The summed E-state index contributed by atoms with van der Waals surface area (Å²) in [7, 11) is 5.70. The van der Waals surface area contributed by atoms with Crippen LogP contribution in [0.3, 0.4) is 0 Å². The average molecular weight is 393 g/mol. The van der Waals surface area contributed by atoms with Crippen LogP contribution in [-0.2, 0) is 0 Å². The summed E-state index contributed by atoms with van der Waals surface area (Å²) < 4.78 is 5.59. The van der Waals surface area contributed by atoms with E-state index >= 15 is 0 Å². The third-order valence-corrected chi connectivity index (χ3v) is 5.08. The van der Waals surface area contributed by atoms with Crippen LogP contribution in [0.2, 0.25) is 0 Å². The molecule has 152 valence electrons. The average Bonchev–Trinajstić information content (AvgIpc) is 2.70. The third-order valence-electron chi connectivity index (χ3n) is 5.08. The Morgan fingerprint density at radius 3 is 2.45 bits per heavy atom. The summed E-state index contributed by atoms with van der Waals surface area (Å²) in [5.41, 5.74) is 4.69. The molecular weight excluding hydrogens is 366 g/mol. The molecule has 0 aliphatic heterocycles. The lowest BCUT2D eigenvalue weighted by Gasteiger charge is -2.30. The normalized spacial score (nSPS) is 14.2. The number of fused-ring (bicyclic) bond motifs is 1. The van der Waals surface area contributed by atoms with E-state index in [9.17, 15) is 9.90 Å². The Hall–Kier alpha value is -3.12. The Kier molecular flexibility index (Phi) is 6.34. The Morgan fingerprint density at radius 2 is 1.79 bits per heavy atom. The highest BCUT2D eigenvalue weighted by Gasteiger charge is 2.33. The van der Waals surface area contributed by atoms with Gasteiger partial charge in [-0.15, -0.1) is 0 Å². The molecule has 3 rings (SSSR count). The fraction of sp³-hybridized carbons (Fsp3) is 0.304. The molecular formula is C23H27N3O3. The first kappa shape index (κ1) is 20.6. The Labute approximate surface area is 170 Å². The lowest BCUT2D eigenvalue weighted by molar-refractivity contribution is 0.345. The molecule has 3 aromatic rings. The van der Waals surface area contributed by atoms with Crippen LogP contribution in [0.1, 0.15) is 24.0 Å². The standard InChI is InChI=1S/C23H27N3O3/c1-15(25-24-2)18(14-26(3)4)20(16-10-6-5-7-11-16)21-22(27)17-12-8-9-13-19(17)29-23(21)28/h5-13,18,20,24,27H,14H2,1-4H3/b25-15-/t18-,20+/m0/s1. The number of hydrazone groups is 1. The number of para-hydroxylation sites is 1. The first-order valence-corrected chi connectivity index (χ1v) is 9.59. The van der Waals surface area contributed by atoms with Gasteiger partial charge in [-0.25, -0.2) is 4.79 Å². The van der Waals surface area contributed by atoms with E-state index in [1.165, 1.54) is 0 Å². The zero-order valence-electron chi connectivity index (χ0n) is 17.2. The van der Waals surface area contributed by atoms with Crippen LogP contribution in [0.25, 0.3) is 11.0 Å². The highest BCUT2D eigenvalue weighted by atomic mass is 16.4. The molecule has 6 heteroatoms. The maximum Gasteiger partial charge on any atom is 0.343 e. The molecule has 6 nitrogen and oxygen atoms in total. The van der Waals surface area contributed by atoms with Gasteiger partial charge in [0.25, 0.3) is 0 Å². The molecule has 1 heterocycles. The topological polar surface area (TPSA) is 78.1 Å². The smallest absolute Gasteiger partial charge is 0.343 e. The van der Waals surface area contributed by atoms with Crippen molar-refractivity contribution >= 4 is 16.7 Å². The van der Waals surface area contributed by atoms with E-state index < -0.39 is 11.5 Å². The molecule has 0 aliphatic carbocycles. The molecule has 1 aromatic heterocycles. The Morgan fingerprint density at radius 1 is 1.14 bits per heavy atom. The van der Waals surface area contributed by atoms with E-state index in [2.05, 4.69) is 15.4 Å². The number of rotatable bonds is 7. The second-order valence-electron chi connectivity index (χ2n) is 7.38. The number of benzene rings is 2. The van der Waals surface area contributed by atoms with Gasteiger partial charge in [0, 0.05) is 31.1 Å². The van der Waals surface area contributed by atoms with Crippen molar-refractivity contribution in [2.75, 3.05) is 27.7 Å². The lowest BCUT2D eigenvalue weighted by atomic mass is 9.78. The van der Waals surface area contributed by atoms with Gasteiger partial charge in [-0.3, -0.25) is 0 Å². The summed E-state index contributed by atoms with van der Waals surface area (Å²) in [6.45, 7) is 2.57. The summed E-state index contributed by atoms with van der Waals surface area (Å²) >= 11 is 0. The minimum Gasteiger partial charge on any atom is -0.507 e. The highest BCUT2D eigenvalue weighted by molar-refractivity contribution is 5.88. The van der Waals surface area contributed by atoms with Crippen LogP contribution in [0, 0.1) is 5.92 Å². The van der Waals surface area contributed by atoms with Crippen molar-refractivity contribution in [2.45, 2.75) is 12.8 Å². The molecule has 0 amide bonds. The summed E-state index contributed by atoms with van der Waals surface area (Å²) in [6.07, 6.45) is 0. The van der Waals surface area contributed by atoms with E-state index in [1.807, 2.05) is 57.4 Å². The van der Waals surface area contributed by atoms with Crippen LogP contribution in [0.5, 0.6) is 5.75 Å². The molecule has 0 spiro atoms. The number of hydrogen-bond acceptors (Lipinski definition) is 6. The predicted octanol–water partition coefficient (Wildman–Crippen LogP) is 3.40. The van der Waals surface area contributed by atoms with Crippen LogP contribution < -0.4 is 11.1 Å². The van der Waals surface area contributed by atoms with Crippen LogP contribution in [0.4, 0.5) is 0 Å². The zero-order chi connectivity index (χ0) is 21.0. The quantitative estimate of drug-likeness (QED) is 0.365. The predicted molar refractivity (Wildman–Crippen MR) is 117 cm³/mol. The van der Waals surface area contributed by atoms with E-state index in [4.69, 9.17) is 4.42 Å². The number of nitrogens with one attached hydrogen (secondary N) is 1. The van der Waals surface area contributed by atoms with E-state index in [-0.39, 0.29) is 17.2 Å². The first-order chi connectivity index (χ1) is 13.9. The molecule has 2 atom stereocenters. The SMILES string of the molecule is CN/N=C(/C)[C@H](CN(C)C)[C@@H](c1ccccc1)c1c(O)c2ccccc2oc1=O. The minimum absolute atomic E-state index is 0.0354. The Bertz CT molecular complexity index is 1060. The Balaban J connectivity index is 2.31. The molecule has 0 aliphatic rings. The highest BCUT2D eigenvalue weighted by Crippen LogP contribution is 2.39. The summed E-state index contributed by atoms with van der Waals surface area (Å²) in [6, 6.07) is 16.8. The molecule has 2 N–H and O–H groups in total. The van der Waals surface area contributed by atoms with Crippen LogP contribution >= 0.6 is 0 Å². The maximum atomic E-state index is 13.0. The minimum atomic E-state index is -0.531. The first-order valence-electron chi connectivity index (χ1n) is 9.59. The van der Waals surface area contributed by atoms with Crippen molar-refractivity contribution in [2.24, 2.45) is 11.0 Å². The summed E-state index contributed by atoms with van der Waals surface area (Å²) in [4.78, 5) is 15.1. The molecule has 0 saturated carbocycles. The number of hydrogen-bond donors (Lipinski definition) is 2. The van der Waals surface area contributed by atoms with E-state index in [1.54, 1.807) is 25.2 Å². The van der Waals surface area contributed by atoms with Gasteiger partial charge in [-0.2, -0.15) is 5.10 Å². The van der Waals surface area contributed by atoms with Crippen molar-refractivity contribution in [1.82, 2.24) is 10.3 Å². The van der Waals surface area contributed by atoms with Gasteiger partial charge in [-0.1, -0.05) is 42.5 Å². The summed E-state index contributed by atoms with van der Waals surface area (Å²) in [5, 5.41) is 16.0. The van der Waals surface area contributed by atoms with Crippen LogP contribution in [-0.4, -0.2) is 43.4 Å². The van der Waals surface area contributed by atoms with Gasteiger partial charge >= 0.3 is 5.63 Å². The van der Waals surface area contributed by atoms with Gasteiger partial charge in [0.15, 0.2) is 0 Å². The zero-order valence-corrected chi connectivity index (χ0v) is 17.2. The maximum absolute atomic E-state index is 13.0. The molecule has 0 saturated heterocycles. The molecule has 0 fully saturated rings. The molecule has 0 bridgehead atoms. The van der Waals surface area contributed by atoms with E-state index in [0.717, 1.165) is 11.3 Å². The summed E-state index contributed by atoms with van der Waals surface area (Å²) in [5.74, 6) is -0.613. The van der Waals surface area contributed by atoms with Crippen LogP contribution in [0.15, 0.2) is 68.9 Å². The molecule has 29 heavy (non-hydrogen) atoms. The van der Waals surface area contributed by atoms with Crippen molar-refractivity contribution in [1.29, 1.82) is 0 Å². The van der Waals surface area contributed by atoms with Gasteiger partial charge < -0.3 is 19.8 Å². The fourth-order valence-electron chi connectivity index (χ4n) is 3.81. The molecule has 0 unspecified atom stereocenters. The largest absolute Gasteiger partial charge is 0.507 e. The molecule has 2 aromatic carbocycles. The van der Waals surface area contributed by atoms with Gasteiger partial charge in [0.2, 0.25) is 0 Å². The second kappa shape index (κ2) is 8.92. The van der Waals surface area contributed by atoms with Gasteiger partial charge in [0.05, 0.1) is 10.9 Å². The van der Waals surface area contributed by atoms with Gasteiger partial charge in [-0.05, 0) is 38.7 Å². The van der Waals surface area contributed by atoms with Gasteiger partial charge in [0.1, 0.15) is 11.3 Å². The number of nitrogens with zero attached hydrogens (tertiary/aromatic N) is 2. The van der Waals surface area contributed by atoms with Crippen molar-refractivity contribution < 1.29 is 9.52 Å². The van der Waals surface area contributed by atoms with Crippen molar-refractivity contribution in [3.63, 3.8) is 0 Å². The number of aromatic hydroxyl groups is 1. The molecule has 0 radical (unpaired) electrons. The van der Waals surface area contributed by atoms with Crippen molar-refractivity contribution in [3.8, 4) is 5.75 Å². The monoisotopic (exact) mass is 393 g/mol. The third kappa shape index (κ3) is 4.32.